The van der Waals surface area contributed by atoms with Crippen molar-refractivity contribution in [3.8, 4) is 0 Å². The second-order valence-corrected chi connectivity index (χ2v) is 7.11. The van der Waals surface area contributed by atoms with E-state index in [-0.39, 0.29) is 0 Å². The van der Waals surface area contributed by atoms with Gasteiger partial charge in [-0.05, 0) is 55.4 Å². The van der Waals surface area contributed by atoms with E-state index in [1.54, 1.807) is 0 Å². The monoisotopic (exact) mass is 314 g/mol. The molecule has 1 aliphatic rings. The van der Waals surface area contributed by atoms with Gasteiger partial charge < -0.3 is 9.72 Å². The number of hydrogen-bond acceptors (Lipinski definition) is 2. The number of benzene rings is 1. The number of rotatable bonds is 5. The van der Waals surface area contributed by atoms with Crippen molar-refractivity contribution in [1.82, 2.24) is 9.88 Å². The zero-order valence-electron chi connectivity index (χ0n) is 15.0. The Balaban J connectivity index is 1.83. The van der Waals surface area contributed by atoms with Crippen molar-refractivity contribution in [2.45, 2.75) is 59.1 Å². The van der Waals surface area contributed by atoms with E-state index < -0.39 is 0 Å². The first-order chi connectivity index (χ1) is 11.1. The second-order valence-electron chi connectivity index (χ2n) is 7.11. The number of fused-ring (bicyclic) bond motifs is 1. The molecule has 1 saturated heterocycles. The van der Waals surface area contributed by atoms with Crippen LogP contribution in [0.15, 0.2) is 18.3 Å². The second kappa shape index (κ2) is 7.06. The zero-order valence-corrected chi connectivity index (χ0v) is 15.0. The minimum atomic E-state index is 0.464. The fourth-order valence-corrected chi connectivity index (χ4v) is 3.88. The molecule has 126 valence electrons. The van der Waals surface area contributed by atoms with Crippen LogP contribution < -0.4 is 0 Å². The van der Waals surface area contributed by atoms with Gasteiger partial charge in [0.2, 0.25) is 0 Å². The molecule has 0 amide bonds. The number of piperidine rings is 1. The fraction of sp³-hybridized carbons (Fsp3) is 0.600. The molecule has 0 aliphatic carbocycles. The largest absolute Gasteiger partial charge is 0.378 e. The van der Waals surface area contributed by atoms with Gasteiger partial charge in [-0.3, -0.25) is 4.90 Å². The molecule has 1 aromatic carbocycles. The predicted molar refractivity (Wildman–Crippen MR) is 97.0 cm³/mol. The molecule has 3 heteroatoms. The maximum absolute atomic E-state index is 5.79. The summed E-state index contributed by atoms with van der Waals surface area (Å²) in [5, 5.41) is 1.40. The van der Waals surface area contributed by atoms with E-state index in [0.717, 1.165) is 39.1 Å². The minimum Gasteiger partial charge on any atom is -0.378 e. The lowest BCUT2D eigenvalue weighted by molar-refractivity contribution is 0.0125. The topological polar surface area (TPSA) is 28.3 Å². The van der Waals surface area contributed by atoms with Crippen LogP contribution in [-0.2, 0) is 11.3 Å². The lowest BCUT2D eigenvalue weighted by Gasteiger charge is -2.32. The molecule has 0 spiro atoms. The molecule has 0 radical (unpaired) electrons. The number of likely N-dealkylation sites (tertiary alicyclic amines) is 1. The van der Waals surface area contributed by atoms with Gasteiger partial charge in [0, 0.05) is 43.3 Å². The van der Waals surface area contributed by atoms with Gasteiger partial charge in [-0.2, -0.15) is 0 Å². The van der Waals surface area contributed by atoms with Crippen LogP contribution in [0.5, 0.6) is 0 Å². The maximum Gasteiger partial charge on any atom is 0.0599 e. The van der Waals surface area contributed by atoms with Gasteiger partial charge in [-0.1, -0.05) is 19.9 Å². The molecule has 1 N–H and O–H groups in total. The lowest BCUT2D eigenvalue weighted by Crippen LogP contribution is -2.36. The Morgan fingerprint density at radius 1 is 1.30 bits per heavy atom. The highest BCUT2D eigenvalue weighted by Crippen LogP contribution is 2.31. The number of nitrogens with one attached hydrogen (secondary N) is 1. The summed E-state index contributed by atoms with van der Waals surface area (Å²) in [6.45, 7) is 13.1. The van der Waals surface area contributed by atoms with Gasteiger partial charge in [0.15, 0.2) is 0 Å². The van der Waals surface area contributed by atoms with Crippen LogP contribution in [-0.4, -0.2) is 35.7 Å². The SMILES string of the molecule is CCOC1CCN(Cc2c(C(C)C)cc(C)c3[nH]ccc23)CC1. The molecule has 23 heavy (non-hydrogen) atoms. The number of nitrogens with zero attached hydrogens (tertiary/aromatic N) is 1. The first-order valence-electron chi connectivity index (χ1n) is 9.03. The summed E-state index contributed by atoms with van der Waals surface area (Å²) in [4.78, 5) is 6.01. The molecular weight excluding hydrogens is 284 g/mol. The number of aromatic amines is 1. The van der Waals surface area contributed by atoms with Crippen molar-refractivity contribution in [3.05, 3.63) is 35.0 Å². The molecule has 0 saturated carbocycles. The fourth-order valence-electron chi connectivity index (χ4n) is 3.88. The van der Waals surface area contributed by atoms with Crippen LogP contribution >= 0.6 is 0 Å². The molecule has 0 unspecified atom stereocenters. The average Bonchev–Trinajstić information content (AvgIpc) is 3.02. The van der Waals surface area contributed by atoms with E-state index in [9.17, 15) is 0 Å². The Morgan fingerprint density at radius 2 is 2.04 bits per heavy atom. The summed E-state index contributed by atoms with van der Waals surface area (Å²) in [7, 11) is 0. The van der Waals surface area contributed by atoms with Crippen molar-refractivity contribution in [2.75, 3.05) is 19.7 Å². The third-order valence-electron chi connectivity index (χ3n) is 5.13. The van der Waals surface area contributed by atoms with Crippen molar-refractivity contribution < 1.29 is 4.74 Å². The predicted octanol–water partition coefficient (Wildman–Crippen LogP) is 4.60. The summed E-state index contributed by atoms with van der Waals surface area (Å²) in [5.74, 6) is 0.559. The Labute approximate surface area is 140 Å². The Bertz CT molecular complexity index is 651. The van der Waals surface area contributed by atoms with E-state index in [1.165, 1.54) is 27.6 Å². The number of hydrogen-bond donors (Lipinski definition) is 1. The lowest BCUT2D eigenvalue weighted by atomic mass is 9.91. The highest BCUT2D eigenvalue weighted by atomic mass is 16.5. The van der Waals surface area contributed by atoms with Gasteiger partial charge in [0.1, 0.15) is 0 Å². The smallest absolute Gasteiger partial charge is 0.0599 e. The highest BCUT2D eigenvalue weighted by Gasteiger charge is 2.22. The quantitative estimate of drug-likeness (QED) is 0.873. The molecule has 3 nitrogen and oxygen atoms in total. The van der Waals surface area contributed by atoms with Crippen LogP contribution in [0.25, 0.3) is 10.9 Å². The van der Waals surface area contributed by atoms with Crippen LogP contribution in [0.1, 0.15) is 56.2 Å². The van der Waals surface area contributed by atoms with E-state index in [2.05, 4.69) is 55.9 Å². The molecule has 1 aromatic heterocycles. The number of ether oxygens (including phenoxy) is 1. The van der Waals surface area contributed by atoms with Crippen molar-refractivity contribution in [2.24, 2.45) is 0 Å². The van der Waals surface area contributed by atoms with Crippen molar-refractivity contribution >= 4 is 10.9 Å². The first kappa shape index (κ1) is 16.5. The highest BCUT2D eigenvalue weighted by molar-refractivity contribution is 5.87. The molecule has 1 fully saturated rings. The third kappa shape index (κ3) is 3.46. The minimum absolute atomic E-state index is 0.464. The van der Waals surface area contributed by atoms with E-state index in [1.807, 2.05) is 0 Å². The summed E-state index contributed by atoms with van der Waals surface area (Å²) < 4.78 is 5.79. The Morgan fingerprint density at radius 3 is 2.70 bits per heavy atom. The molecule has 2 heterocycles. The first-order valence-corrected chi connectivity index (χ1v) is 9.03. The third-order valence-corrected chi connectivity index (χ3v) is 5.13. The summed E-state index contributed by atoms with van der Waals surface area (Å²) in [5.41, 5.74) is 5.67. The number of H-pyrrole nitrogens is 1. The van der Waals surface area contributed by atoms with Crippen LogP contribution in [0.3, 0.4) is 0 Å². The standard InChI is InChI=1S/C20H30N2O/c1-5-23-16-7-10-22(11-8-16)13-19-17-6-9-21-20(17)15(4)12-18(19)14(2)3/h6,9,12,14,16,21H,5,7-8,10-11,13H2,1-4H3. The van der Waals surface area contributed by atoms with E-state index in [4.69, 9.17) is 4.74 Å². The Hall–Kier alpha value is -1.32. The zero-order chi connectivity index (χ0) is 16.4. The average molecular weight is 314 g/mol. The molecule has 2 aromatic rings. The van der Waals surface area contributed by atoms with E-state index in [0.29, 0.717) is 12.0 Å². The van der Waals surface area contributed by atoms with Crippen LogP contribution in [0.4, 0.5) is 0 Å². The molecule has 1 aliphatic heterocycles. The van der Waals surface area contributed by atoms with Gasteiger partial charge >= 0.3 is 0 Å². The van der Waals surface area contributed by atoms with Gasteiger partial charge in [-0.25, -0.2) is 0 Å². The number of aryl methyl sites for hydroxylation is 1. The molecule has 0 atom stereocenters. The Kier molecular flexibility index (Phi) is 5.08. The van der Waals surface area contributed by atoms with Gasteiger partial charge in [0.25, 0.3) is 0 Å². The summed E-state index contributed by atoms with van der Waals surface area (Å²) in [6.07, 6.45) is 4.86. The number of aromatic nitrogens is 1. The normalized spacial score (nSPS) is 17.4. The van der Waals surface area contributed by atoms with E-state index >= 15 is 0 Å². The van der Waals surface area contributed by atoms with Gasteiger partial charge in [0.05, 0.1) is 6.10 Å². The summed E-state index contributed by atoms with van der Waals surface area (Å²) in [6, 6.07) is 4.63. The molecule has 3 rings (SSSR count). The van der Waals surface area contributed by atoms with Crippen molar-refractivity contribution in [1.29, 1.82) is 0 Å². The van der Waals surface area contributed by atoms with Gasteiger partial charge in [-0.15, -0.1) is 0 Å². The van der Waals surface area contributed by atoms with Crippen molar-refractivity contribution in [3.63, 3.8) is 0 Å². The van der Waals surface area contributed by atoms with Crippen LogP contribution in [0.2, 0.25) is 0 Å². The van der Waals surface area contributed by atoms with Crippen LogP contribution in [0, 0.1) is 6.92 Å². The molecular formula is C20H30N2O. The maximum atomic E-state index is 5.79. The molecule has 0 bridgehead atoms. The summed E-state index contributed by atoms with van der Waals surface area (Å²) >= 11 is 0.